The summed E-state index contributed by atoms with van der Waals surface area (Å²) in [4.78, 5) is 11.6. The number of benzene rings is 1. The maximum Gasteiger partial charge on any atom is 0.409 e. The molecule has 7 heteroatoms. The fraction of sp³-hybridized carbons (Fsp3) is 0.417. The van der Waals surface area contributed by atoms with Gasteiger partial charge in [0.15, 0.2) is 0 Å². The van der Waals surface area contributed by atoms with Gasteiger partial charge in [0.1, 0.15) is 11.8 Å². The van der Waals surface area contributed by atoms with Crippen LogP contribution in [0.1, 0.15) is 20.8 Å². The molecule has 0 bridgehead atoms. The molecule has 0 fully saturated rings. The van der Waals surface area contributed by atoms with Crippen LogP contribution in [0.2, 0.25) is 0 Å². The molecule has 0 aliphatic carbocycles. The number of nitrogens with one attached hydrogen (secondary N) is 1. The lowest BCUT2D eigenvalue weighted by Crippen LogP contribution is -2.34. The first kappa shape index (κ1) is 16.0. The summed E-state index contributed by atoms with van der Waals surface area (Å²) >= 11 is 5.76. The number of rotatable bonds is 6. The van der Waals surface area contributed by atoms with Crippen LogP contribution in [0.25, 0.3) is 0 Å². The van der Waals surface area contributed by atoms with Crippen LogP contribution < -0.4 is 9.61 Å². The second kappa shape index (κ2) is 6.94. The van der Waals surface area contributed by atoms with Gasteiger partial charge in [0.25, 0.3) is 0 Å². The quantitative estimate of drug-likeness (QED) is 0.645. The molecule has 0 radical (unpaired) electrons. The van der Waals surface area contributed by atoms with Crippen LogP contribution in [0.15, 0.2) is 30.3 Å². The summed E-state index contributed by atoms with van der Waals surface area (Å²) in [5.41, 5.74) is 0. The van der Waals surface area contributed by atoms with Crippen molar-refractivity contribution in [1.29, 1.82) is 0 Å². The zero-order valence-corrected chi connectivity index (χ0v) is 12.6. The SMILES string of the molecule is CC(C)OC(=O)[C@H](C)N[P@@](=O)(Cl)Oc1ccccc1. The van der Waals surface area contributed by atoms with Gasteiger partial charge in [0, 0.05) is 11.2 Å². The highest BCUT2D eigenvalue weighted by atomic mass is 35.7. The third-order valence-electron chi connectivity index (χ3n) is 2.02. The molecular weight excluding hydrogens is 289 g/mol. The maximum absolute atomic E-state index is 12.0. The summed E-state index contributed by atoms with van der Waals surface area (Å²) in [6.45, 7) is 1.32. The van der Waals surface area contributed by atoms with Crippen LogP contribution in [-0.4, -0.2) is 18.1 Å². The van der Waals surface area contributed by atoms with Crippen molar-refractivity contribution in [2.75, 3.05) is 0 Å². The molecule has 0 aliphatic rings. The van der Waals surface area contributed by atoms with Crippen molar-refractivity contribution in [3.8, 4) is 5.75 Å². The Morgan fingerprint density at radius 2 is 1.84 bits per heavy atom. The van der Waals surface area contributed by atoms with E-state index < -0.39 is 18.9 Å². The van der Waals surface area contributed by atoms with Gasteiger partial charge in [-0.15, -0.1) is 0 Å². The Hall–Kier alpha value is -1.03. The van der Waals surface area contributed by atoms with E-state index in [0.717, 1.165) is 0 Å². The first-order chi connectivity index (χ1) is 8.80. The van der Waals surface area contributed by atoms with Gasteiger partial charge in [-0.2, -0.15) is 0 Å². The second-order valence-corrected chi connectivity index (χ2v) is 6.96. The van der Waals surface area contributed by atoms with Crippen molar-refractivity contribution in [3.05, 3.63) is 30.3 Å². The average molecular weight is 306 g/mol. The molecular formula is C12H17ClNO4P. The van der Waals surface area contributed by atoms with Crippen molar-refractivity contribution in [3.63, 3.8) is 0 Å². The summed E-state index contributed by atoms with van der Waals surface area (Å²) in [7, 11) is 0. The Bertz CT molecular complexity index is 466. The summed E-state index contributed by atoms with van der Waals surface area (Å²) in [6.07, 6.45) is -0.249. The van der Waals surface area contributed by atoms with Crippen LogP contribution >= 0.6 is 18.1 Å². The van der Waals surface area contributed by atoms with E-state index in [9.17, 15) is 9.36 Å². The van der Waals surface area contributed by atoms with Gasteiger partial charge in [-0.25, -0.2) is 9.65 Å². The normalized spacial score (nSPS) is 15.6. The molecule has 106 valence electrons. The van der Waals surface area contributed by atoms with Crippen LogP contribution in [0.5, 0.6) is 5.75 Å². The second-order valence-electron chi connectivity index (χ2n) is 4.22. The van der Waals surface area contributed by atoms with Crippen molar-refractivity contribution >= 4 is 24.1 Å². The highest BCUT2D eigenvalue weighted by Gasteiger charge is 2.28. The maximum atomic E-state index is 12.0. The van der Waals surface area contributed by atoms with Gasteiger partial charge in [0.05, 0.1) is 6.10 Å². The minimum Gasteiger partial charge on any atom is -0.462 e. The van der Waals surface area contributed by atoms with E-state index in [2.05, 4.69) is 5.09 Å². The number of ether oxygens (including phenoxy) is 1. The molecule has 2 atom stereocenters. The van der Waals surface area contributed by atoms with Gasteiger partial charge in [-0.1, -0.05) is 18.2 Å². The number of esters is 1. The highest BCUT2D eigenvalue weighted by molar-refractivity contribution is 7.84. The van der Waals surface area contributed by atoms with Crippen molar-refractivity contribution in [2.45, 2.75) is 32.9 Å². The fourth-order valence-electron chi connectivity index (χ4n) is 1.26. The lowest BCUT2D eigenvalue weighted by atomic mass is 10.3. The topological polar surface area (TPSA) is 64.6 Å². The molecule has 0 amide bonds. The molecule has 19 heavy (non-hydrogen) atoms. The van der Waals surface area contributed by atoms with Gasteiger partial charge >= 0.3 is 12.8 Å². The number of para-hydroxylation sites is 1. The van der Waals surface area contributed by atoms with E-state index in [0.29, 0.717) is 5.75 Å². The van der Waals surface area contributed by atoms with Gasteiger partial charge in [0.2, 0.25) is 0 Å². The zero-order valence-electron chi connectivity index (χ0n) is 11.0. The monoisotopic (exact) mass is 305 g/mol. The lowest BCUT2D eigenvalue weighted by Gasteiger charge is -2.19. The predicted molar refractivity (Wildman–Crippen MR) is 74.4 cm³/mol. The summed E-state index contributed by atoms with van der Waals surface area (Å²) in [5.74, 6) is -0.176. The number of hydrogen-bond acceptors (Lipinski definition) is 4. The Labute approximate surface area is 117 Å². The Morgan fingerprint density at radius 1 is 1.26 bits per heavy atom. The van der Waals surface area contributed by atoms with Crippen LogP contribution in [0.4, 0.5) is 0 Å². The molecule has 0 unspecified atom stereocenters. The van der Waals surface area contributed by atoms with E-state index in [1.54, 1.807) is 44.2 Å². The minimum atomic E-state index is -3.65. The van der Waals surface area contributed by atoms with Crippen molar-refractivity contribution in [2.24, 2.45) is 0 Å². The molecule has 0 spiro atoms. The largest absolute Gasteiger partial charge is 0.462 e. The van der Waals surface area contributed by atoms with E-state index in [4.69, 9.17) is 20.5 Å². The number of carbonyl (C=O) groups is 1. The van der Waals surface area contributed by atoms with E-state index in [-0.39, 0.29) is 6.10 Å². The fourth-order valence-corrected chi connectivity index (χ4v) is 2.95. The molecule has 0 aliphatic heterocycles. The molecule has 0 saturated carbocycles. The third-order valence-corrected chi connectivity index (χ3v) is 3.66. The minimum absolute atomic E-state index is 0.249. The standard InChI is InChI=1S/C12H17ClNO4P/c1-9(2)17-12(15)10(3)14-19(13,16)18-11-7-5-4-6-8-11/h4-10H,1-3H3,(H,14,16)/t10-,19+/m0/s1. The molecule has 0 saturated heterocycles. The first-order valence-electron chi connectivity index (χ1n) is 5.83. The summed E-state index contributed by atoms with van der Waals surface area (Å²) < 4.78 is 22.1. The number of carbonyl (C=O) groups excluding carboxylic acids is 1. The molecule has 5 nitrogen and oxygen atoms in total. The zero-order chi connectivity index (χ0) is 14.5. The third kappa shape index (κ3) is 6.10. The highest BCUT2D eigenvalue weighted by Crippen LogP contribution is 2.48. The van der Waals surface area contributed by atoms with Gasteiger partial charge < -0.3 is 9.26 Å². The number of hydrogen-bond donors (Lipinski definition) is 1. The molecule has 0 heterocycles. The molecule has 1 rings (SSSR count). The van der Waals surface area contributed by atoms with E-state index in [1.807, 2.05) is 0 Å². The van der Waals surface area contributed by atoms with Crippen molar-refractivity contribution in [1.82, 2.24) is 5.09 Å². The summed E-state index contributed by atoms with van der Waals surface area (Å²) in [6, 6.07) is 7.66. The Kier molecular flexibility index (Phi) is 5.85. The summed E-state index contributed by atoms with van der Waals surface area (Å²) in [5, 5.41) is 2.43. The van der Waals surface area contributed by atoms with Gasteiger partial charge in [-0.05, 0) is 32.9 Å². The smallest absolute Gasteiger partial charge is 0.409 e. The van der Waals surface area contributed by atoms with Gasteiger partial charge in [-0.3, -0.25) is 4.79 Å². The van der Waals surface area contributed by atoms with Crippen LogP contribution in [-0.2, 0) is 14.1 Å². The Morgan fingerprint density at radius 3 is 2.37 bits per heavy atom. The van der Waals surface area contributed by atoms with Crippen molar-refractivity contribution < 1.29 is 18.6 Å². The Balaban J connectivity index is 2.59. The number of halogens is 1. The van der Waals surface area contributed by atoms with E-state index in [1.165, 1.54) is 6.92 Å². The average Bonchev–Trinajstić information content (AvgIpc) is 2.27. The lowest BCUT2D eigenvalue weighted by molar-refractivity contribution is -0.148. The molecule has 0 aromatic heterocycles. The molecule has 1 aromatic rings. The molecule has 1 N–H and O–H groups in total. The first-order valence-corrected chi connectivity index (χ1v) is 8.36. The van der Waals surface area contributed by atoms with E-state index >= 15 is 0 Å². The predicted octanol–water partition coefficient (Wildman–Crippen LogP) is 3.34. The molecule has 1 aromatic carbocycles. The van der Waals surface area contributed by atoms with Crippen LogP contribution in [0, 0.1) is 0 Å². The van der Waals surface area contributed by atoms with Crippen LogP contribution in [0.3, 0.4) is 0 Å².